The van der Waals surface area contributed by atoms with Gasteiger partial charge < -0.3 is 4.74 Å². The topological polar surface area (TPSA) is 26.3 Å². The van der Waals surface area contributed by atoms with E-state index in [1.165, 1.54) is 12.7 Å². The predicted octanol–water partition coefficient (Wildman–Crippen LogP) is 3.69. The Bertz CT molecular complexity index is 265. The Morgan fingerprint density at radius 1 is 1.44 bits per heavy atom. The van der Waals surface area contributed by atoms with E-state index >= 15 is 0 Å². The molecule has 0 radical (unpaired) electrons. The van der Waals surface area contributed by atoms with Gasteiger partial charge in [0.05, 0.1) is 13.5 Å². The van der Waals surface area contributed by atoms with Crippen LogP contribution >= 0.6 is 12.2 Å². The lowest BCUT2D eigenvalue weighted by atomic mass is 9.98. The third kappa shape index (κ3) is 8.60. The maximum atomic E-state index is 11.0. The lowest BCUT2D eigenvalue weighted by Crippen LogP contribution is -2.10. The number of esters is 1. The van der Waals surface area contributed by atoms with Crippen molar-refractivity contribution in [3.63, 3.8) is 0 Å². The first-order valence-electron chi connectivity index (χ1n) is 5.67. The Labute approximate surface area is 104 Å². The minimum absolute atomic E-state index is 0.235. The molecule has 0 aromatic rings. The van der Waals surface area contributed by atoms with Crippen LogP contribution in [0.25, 0.3) is 0 Å². The highest BCUT2D eigenvalue weighted by Crippen LogP contribution is 2.14. The van der Waals surface area contributed by atoms with E-state index in [0.717, 1.165) is 24.1 Å². The van der Waals surface area contributed by atoms with Crippen molar-refractivity contribution >= 4 is 23.1 Å². The van der Waals surface area contributed by atoms with Crippen LogP contribution in [0.4, 0.5) is 0 Å². The van der Waals surface area contributed by atoms with Crippen LogP contribution in [-0.4, -0.2) is 17.9 Å². The van der Waals surface area contributed by atoms with Gasteiger partial charge in [0.2, 0.25) is 0 Å². The van der Waals surface area contributed by atoms with Crippen LogP contribution in [0.15, 0.2) is 11.6 Å². The smallest absolute Gasteiger partial charge is 0.310 e. The van der Waals surface area contributed by atoms with Gasteiger partial charge in [-0.3, -0.25) is 4.79 Å². The van der Waals surface area contributed by atoms with E-state index in [1.807, 2.05) is 0 Å². The highest BCUT2D eigenvalue weighted by Gasteiger charge is 2.09. The zero-order valence-corrected chi connectivity index (χ0v) is 11.5. The van der Waals surface area contributed by atoms with Crippen LogP contribution in [0, 0.1) is 5.92 Å². The van der Waals surface area contributed by atoms with E-state index in [9.17, 15) is 4.79 Å². The number of rotatable bonds is 7. The lowest BCUT2D eigenvalue weighted by molar-refractivity contribution is -0.139. The number of thiocarbonyl (C=S) groups is 1. The van der Waals surface area contributed by atoms with Crippen LogP contribution < -0.4 is 0 Å². The average Bonchev–Trinajstić information content (AvgIpc) is 2.16. The molecule has 0 aliphatic rings. The van der Waals surface area contributed by atoms with Gasteiger partial charge in [-0.15, -0.1) is 0 Å². The average molecular weight is 242 g/mol. The van der Waals surface area contributed by atoms with Crippen molar-refractivity contribution in [2.24, 2.45) is 5.92 Å². The second-order valence-corrected chi connectivity index (χ2v) is 5.04. The molecule has 0 fully saturated rings. The van der Waals surface area contributed by atoms with Gasteiger partial charge in [-0.2, -0.15) is 0 Å². The Kier molecular flexibility index (Phi) is 8.08. The molecule has 0 spiro atoms. The Morgan fingerprint density at radius 3 is 2.56 bits per heavy atom. The lowest BCUT2D eigenvalue weighted by Gasteiger charge is -2.10. The standard InChI is InChI=1S/C13H22O2S/c1-10(2)6-5-7-11(3)8-12(16)9-13(14)15-4/h6,11H,5,7-9H2,1-4H3. The fraction of sp³-hybridized carbons (Fsp3) is 0.692. The molecule has 0 amide bonds. The molecule has 0 N–H and O–H groups in total. The van der Waals surface area contributed by atoms with Gasteiger partial charge in [-0.05, 0) is 39.0 Å². The van der Waals surface area contributed by atoms with Gasteiger partial charge in [-0.25, -0.2) is 0 Å². The number of hydrogen-bond acceptors (Lipinski definition) is 3. The zero-order chi connectivity index (χ0) is 12.6. The molecule has 3 heteroatoms. The number of allylic oxidation sites excluding steroid dienone is 2. The molecule has 92 valence electrons. The van der Waals surface area contributed by atoms with Crippen LogP contribution in [0.2, 0.25) is 0 Å². The number of carbonyl (C=O) groups excluding carboxylic acids is 1. The van der Waals surface area contributed by atoms with Crippen LogP contribution in [0.3, 0.4) is 0 Å². The molecule has 16 heavy (non-hydrogen) atoms. The van der Waals surface area contributed by atoms with E-state index in [2.05, 4.69) is 31.6 Å². The molecular weight excluding hydrogens is 220 g/mol. The number of methoxy groups -OCH3 is 1. The van der Waals surface area contributed by atoms with Gasteiger partial charge in [0.1, 0.15) is 0 Å². The molecular formula is C13H22O2S. The Morgan fingerprint density at radius 2 is 2.06 bits per heavy atom. The van der Waals surface area contributed by atoms with Crippen LogP contribution in [0.5, 0.6) is 0 Å². The SMILES string of the molecule is COC(=O)CC(=S)CC(C)CCC=C(C)C. The van der Waals surface area contributed by atoms with Crippen molar-refractivity contribution in [1.82, 2.24) is 0 Å². The van der Waals surface area contributed by atoms with Crippen molar-refractivity contribution in [3.05, 3.63) is 11.6 Å². The fourth-order valence-electron chi connectivity index (χ4n) is 1.45. The summed E-state index contributed by atoms with van der Waals surface area (Å²) in [5.41, 5.74) is 1.35. The first-order valence-corrected chi connectivity index (χ1v) is 6.08. The van der Waals surface area contributed by atoms with E-state index in [-0.39, 0.29) is 12.4 Å². The van der Waals surface area contributed by atoms with Gasteiger partial charge in [0.25, 0.3) is 0 Å². The second-order valence-electron chi connectivity index (χ2n) is 4.46. The summed E-state index contributed by atoms with van der Waals surface area (Å²) in [4.78, 5) is 11.8. The van der Waals surface area contributed by atoms with Crippen LogP contribution in [0.1, 0.15) is 46.5 Å². The van der Waals surface area contributed by atoms with E-state index in [0.29, 0.717) is 5.92 Å². The van der Waals surface area contributed by atoms with Gasteiger partial charge >= 0.3 is 5.97 Å². The largest absolute Gasteiger partial charge is 0.469 e. The minimum Gasteiger partial charge on any atom is -0.469 e. The molecule has 1 unspecified atom stereocenters. The normalized spacial score (nSPS) is 11.8. The summed E-state index contributed by atoms with van der Waals surface area (Å²) < 4.78 is 4.58. The summed E-state index contributed by atoms with van der Waals surface area (Å²) in [6.45, 7) is 6.38. The number of hydrogen-bond donors (Lipinski definition) is 0. The van der Waals surface area contributed by atoms with E-state index in [4.69, 9.17) is 12.2 Å². The molecule has 0 heterocycles. The minimum atomic E-state index is -0.235. The third-order valence-corrected chi connectivity index (χ3v) is 2.67. The van der Waals surface area contributed by atoms with Gasteiger partial charge in [0.15, 0.2) is 0 Å². The molecule has 0 aliphatic carbocycles. The van der Waals surface area contributed by atoms with Crippen molar-refractivity contribution in [3.8, 4) is 0 Å². The first-order chi connectivity index (χ1) is 7.45. The summed E-state index contributed by atoms with van der Waals surface area (Å²) in [7, 11) is 1.39. The molecule has 0 aliphatic heterocycles. The van der Waals surface area contributed by atoms with Gasteiger partial charge in [-0.1, -0.05) is 30.8 Å². The molecule has 0 aromatic heterocycles. The summed E-state index contributed by atoms with van der Waals surface area (Å²) >= 11 is 5.16. The van der Waals surface area contributed by atoms with E-state index < -0.39 is 0 Å². The maximum Gasteiger partial charge on any atom is 0.310 e. The quantitative estimate of drug-likeness (QED) is 0.387. The highest BCUT2D eigenvalue weighted by atomic mass is 32.1. The molecule has 0 saturated carbocycles. The third-order valence-electron chi connectivity index (χ3n) is 2.36. The predicted molar refractivity (Wildman–Crippen MR) is 71.7 cm³/mol. The number of carbonyl (C=O) groups is 1. The summed E-state index contributed by atoms with van der Waals surface area (Å²) in [6, 6.07) is 0. The summed E-state index contributed by atoms with van der Waals surface area (Å²) in [6.07, 6.45) is 5.55. The van der Waals surface area contributed by atoms with Crippen molar-refractivity contribution in [2.45, 2.75) is 46.5 Å². The molecule has 0 bridgehead atoms. The Hall–Kier alpha value is -0.700. The molecule has 1 atom stereocenters. The van der Waals surface area contributed by atoms with E-state index in [1.54, 1.807) is 0 Å². The van der Waals surface area contributed by atoms with Crippen molar-refractivity contribution in [2.75, 3.05) is 7.11 Å². The summed E-state index contributed by atoms with van der Waals surface area (Å²) in [5.74, 6) is 0.300. The molecule has 0 rings (SSSR count). The molecule has 0 saturated heterocycles. The zero-order valence-electron chi connectivity index (χ0n) is 10.7. The summed E-state index contributed by atoms with van der Waals surface area (Å²) in [5, 5.41) is 0. The number of ether oxygens (including phenoxy) is 1. The molecule has 0 aromatic carbocycles. The first kappa shape index (κ1) is 15.3. The second kappa shape index (κ2) is 8.45. The molecule has 2 nitrogen and oxygen atoms in total. The van der Waals surface area contributed by atoms with Crippen molar-refractivity contribution < 1.29 is 9.53 Å². The monoisotopic (exact) mass is 242 g/mol. The van der Waals surface area contributed by atoms with Gasteiger partial charge in [0, 0.05) is 4.86 Å². The highest BCUT2D eigenvalue weighted by molar-refractivity contribution is 7.80. The van der Waals surface area contributed by atoms with Crippen LogP contribution in [-0.2, 0) is 9.53 Å². The Balaban J connectivity index is 3.78. The fourth-order valence-corrected chi connectivity index (χ4v) is 1.85. The van der Waals surface area contributed by atoms with Crippen molar-refractivity contribution in [1.29, 1.82) is 0 Å². The maximum absolute atomic E-state index is 11.0.